The van der Waals surface area contributed by atoms with E-state index < -0.39 is 0 Å². The summed E-state index contributed by atoms with van der Waals surface area (Å²) in [5.41, 5.74) is 0. The Morgan fingerprint density at radius 3 is 3.00 bits per heavy atom. The molecule has 0 spiro atoms. The summed E-state index contributed by atoms with van der Waals surface area (Å²) in [5.74, 6) is 2.06. The first-order valence-electron chi connectivity index (χ1n) is 3.97. The average molecular weight is 249 g/mol. The molecular weight excluding hydrogens is 240 g/mol. The van der Waals surface area contributed by atoms with Gasteiger partial charge in [-0.3, -0.25) is 0 Å². The molecule has 0 bridgehead atoms. The second kappa shape index (κ2) is 3.79. The summed E-state index contributed by atoms with van der Waals surface area (Å²) in [5, 5.41) is 4.34. The summed E-state index contributed by atoms with van der Waals surface area (Å²) in [6, 6.07) is 0. The summed E-state index contributed by atoms with van der Waals surface area (Å²) < 4.78 is 4.86. The maximum Gasteiger partial charge on any atom is 0.293 e. The van der Waals surface area contributed by atoms with Crippen LogP contribution in [0.5, 0.6) is 0 Å². The molecule has 5 heteroatoms. The average Bonchev–Trinajstić information content (AvgIpc) is 2.54. The molecule has 0 aliphatic carbocycles. The lowest BCUT2D eigenvalue weighted by atomic mass is 10.2. The van der Waals surface area contributed by atoms with Gasteiger partial charge >= 0.3 is 0 Å². The molecular formula is C7H9BrN2OS. The van der Waals surface area contributed by atoms with Crippen molar-refractivity contribution < 1.29 is 4.52 Å². The van der Waals surface area contributed by atoms with Crippen molar-refractivity contribution >= 4 is 27.7 Å². The fourth-order valence-corrected chi connectivity index (χ4v) is 2.78. The van der Waals surface area contributed by atoms with E-state index in [1.807, 2.05) is 11.8 Å². The molecule has 1 aliphatic heterocycles. The Hall–Kier alpha value is -0.0300. The first-order valence-corrected chi connectivity index (χ1v) is 5.81. The largest absolute Gasteiger partial charge is 0.327 e. The number of aromatic nitrogens is 2. The first-order chi connectivity index (χ1) is 5.86. The molecule has 0 aromatic carbocycles. The number of hydrogen-bond acceptors (Lipinski definition) is 4. The molecule has 2 rings (SSSR count). The summed E-state index contributed by atoms with van der Waals surface area (Å²) in [6.07, 6.45) is 3.78. The molecule has 0 radical (unpaired) electrons. The Kier molecular flexibility index (Phi) is 2.70. The zero-order chi connectivity index (χ0) is 8.39. The Bertz CT molecular complexity index is 260. The highest BCUT2D eigenvalue weighted by Crippen LogP contribution is 2.36. The van der Waals surface area contributed by atoms with Gasteiger partial charge in [0.2, 0.25) is 0 Å². The minimum Gasteiger partial charge on any atom is -0.327 e. The van der Waals surface area contributed by atoms with Crippen LogP contribution in [0.3, 0.4) is 0 Å². The number of rotatable bonds is 1. The lowest BCUT2D eigenvalue weighted by Gasteiger charge is -2.17. The molecule has 1 aromatic rings. The lowest BCUT2D eigenvalue weighted by molar-refractivity contribution is 0.388. The molecule has 1 fully saturated rings. The minimum absolute atomic E-state index is 0.453. The molecule has 0 saturated carbocycles. The molecule has 3 nitrogen and oxygen atoms in total. The van der Waals surface area contributed by atoms with E-state index in [4.69, 9.17) is 4.52 Å². The van der Waals surface area contributed by atoms with Crippen molar-refractivity contribution in [2.45, 2.75) is 24.5 Å². The Balaban J connectivity index is 2.08. The molecule has 0 N–H and O–H groups in total. The van der Waals surface area contributed by atoms with Crippen LogP contribution in [0.15, 0.2) is 9.32 Å². The Labute approximate surface area is 83.4 Å². The zero-order valence-corrected chi connectivity index (χ0v) is 8.90. The SMILES string of the molecule is Brc1nc(C2CCCCS2)no1. The van der Waals surface area contributed by atoms with E-state index in [1.54, 1.807) is 0 Å². The maximum atomic E-state index is 4.86. The van der Waals surface area contributed by atoms with Crippen molar-refractivity contribution in [1.29, 1.82) is 0 Å². The predicted octanol–water partition coefficient (Wildman–Crippen LogP) is 2.79. The third-order valence-corrected chi connectivity index (χ3v) is 3.58. The highest BCUT2D eigenvalue weighted by molar-refractivity contribution is 9.10. The highest BCUT2D eigenvalue weighted by atomic mass is 79.9. The van der Waals surface area contributed by atoms with Gasteiger partial charge in [-0.1, -0.05) is 11.6 Å². The van der Waals surface area contributed by atoms with E-state index in [0.29, 0.717) is 10.0 Å². The van der Waals surface area contributed by atoms with E-state index in [2.05, 4.69) is 26.1 Å². The van der Waals surface area contributed by atoms with Gasteiger partial charge in [0.05, 0.1) is 5.25 Å². The molecule has 66 valence electrons. The third kappa shape index (κ3) is 1.82. The monoisotopic (exact) mass is 248 g/mol. The van der Waals surface area contributed by atoms with Gasteiger partial charge in [0.15, 0.2) is 5.82 Å². The smallest absolute Gasteiger partial charge is 0.293 e. The van der Waals surface area contributed by atoms with Crippen molar-refractivity contribution in [3.63, 3.8) is 0 Å². The van der Waals surface area contributed by atoms with Crippen LogP contribution in [0.25, 0.3) is 0 Å². The molecule has 1 aromatic heterocycles. The molecule has 1 unspecified atom stereocenters. The zero-order valence-electron chi connectivity index (χ0n) is 6.49. The number of halogens is 1. The van der Waals surface area contributed by atoms with E-state index in [1.165, 1.54) is 25.0 Å². The minimum atomic E-state index is 0.453. The van der Waals surface area contributed by atoms with Gasteiger partial charge in [0.25, 0.3) is 4.80 Å². The van der Waals surface area contributed by atoms with Crippen LogP contribution < -0.4 is 0 Å². The van der Waals surface area contributed by atoms with Crippen LogP contribution in [-0.2, 0) is 0 Å². The topological polar surface area (TPSA) is 38.9 Å². The van der Waals surface area contributed by atoms with Gasteiger partial charge in [0.1, 0.15) is 0 Å². The molecule has 0 amide bonds. The molecule has 1 saturated heterocycles. The van der Waals surface area contributed by atoms with Crippen LogP contribution in [0.1, 0.15) is 30.3 Å². The quantitative estimate of drug-likeness (QED) is 0.767. The van der Waals surface area contributed by atoms with Gasteiger partial charge in [-0.25, -0.2) is 0 Å². The second-order valence-corrected chi connectivity index (χ2v) is 4.75. The van der Waals surface area contributed by atoms with Gasteiger partial charge < -0.3 is 4.52 Å². The van der Waals surface area contributed by atoms with Crippen LogP contribution in [-0.4, -0.2) is 15.9 Å². The van der Waals surface area contributed by atoms with Crippen LogP contribution in [0, 0.1) is 0 Å². The summed E-state index contributed by atoms with van der Waals surface area (Å²) in [4.78, 5) is 4.64. The van der Waals surface area contributed by atoms with E-state index in [0.717, 1.165) is 5.82 Å². The van der Waals surface area contributed by atoms with Crippen molar-refractivity contribution in [2.75, 3.05) is 5.75 Å². The molecule has 1 atom stereocenters. The van der Waals surface area contributed by atoms with Crippen LogP contribution in [0.2, 0.25) is 0 Å². The van der Waals surface area contributed by atoms with E-state index in [9.17, 15) is 0 Å². The third-order valence-electron chi connectivity index (χ3n) is 1.88. The Morgan fingerprint density at radius 2 is 2.42 bits per heavy atom. The van der Waals surface area contributed by atoms with Gasteiger partial charge in [-0.15, -0.1) is 0 Å². The number of hydrogen-bond donors (Lipinski definition) is 0. The first kappa shape index (κ1) is 8.56. The van der Waals surface area contributed by atoms with E-state index in [-0.39, 0.29) is 0 Å². The van der Waals surface area contributed by atoms with Gasteiger partial charge in [-0.05, 0) is 18.6 Å². The van der Waals surface area contributed by atoms with Crippen molar-refractivity contribution in [2.24, 2.45) is 0 Å². The number of nitrogens with zero attached hydrogens (tertiary/aromatic N) is 2. The predicted molar refractivity (Wildman–Crippen MR) is 51.0 cm³/mol. The van der Waals surface area contributed by atoms with Crippen molar-refractivity contribution in [1.82, 2.24) is 10.1 Å². The van der Waals surface area contributed by atoms with Gasteiger partial charge in [0, 0.05) is 15.9 Å². The normalized spacial score (nSPS) is 24.2. The highest BCUT2D eigenvalue weighted by Gasteiger charge is 2.20. The van der Waals surface area contributed by atoms with Crippen LogP contribution >= 0.6 is 27.7 Å². The van der Waals surface area contributed by atoms with Gasteiger partial charge in [-0.2, -0.15) is 16.7 Å². The molecule has 1 aliphatic rings. The fourth-order valence-electron chi connectivity index (χ4n) is 1.29. The molecule has 12 heavy (non-hydrogen) atoms. The van der Waals surface area contributed by atoms with Crippen molar-refractivity contribution in [3.8, 4) is 0 Å². The second-order valence-electron chi connectivity index (χ2n) is 2.76. The standard InChI is InChI=1S/C7H9BrN2OS/c8-7-9-6(10-11-7)5-3-1-2-4-12-5/h5H,1-4H2. The summed E-state index contributed by atoms with van der Waals surface area (Å²) in [7, 11) is 0. The summed E-state index contributed by atoms with van der Waals surface area (Å²) in [6.45, 7) is 0. The Morgan fingerprint density at radius 1 is 1.50 bits per heavy atom. The molecule has 2 heterocycles. The summed E-state index contributed by atoms with van der Waals surface area (Å²) >= 11 is 5.07. The lowest BCUT2D eigenvalue weighted by Crippen LogP contribution is -2.03. The maximum absolute atomic E-state index is 4.86. The van der Waals surface area contributed by atoms with E-state index >= 15 is 0 Å². The van der Waals surface area contributed by atoms with Crippen LogP contribution in [0.4, 0.5) is 0 Å². The fraction of sp³-hybridized carbons (Fsp3) is 0.714. The van der Waals surface area contributed by atoms with Crippen molar-refractivity contribution in [3.05, 3.63) is 10.6 Å². The number of thioether (sulfide) groups is 1.